The van der Waals surface area contributed by atoms with E-state index in [2.05, 4.69) is 17.3 Å². The second kappa shape index (κ2) is 7.13. The summed E-state index contributed by atoms with van der Waals surface area (Å²) in [5.41, 5.74) is 1.77. The van der Waals surface area contributed by atoms with Crippen molar-refractivity contribution < 1.29 is 9.53 Å². The zero-order valence-electron chi connectivity index (χ0n) is 11.6. The minimum atomic E-state index is 0.0804. The van der Waals surface area contributed by atoms with E-state index in [4.69, 9.17) is 4.74 Å². The lowest BCUT2D eigenvalue weighted by Gasteiger charge is -2.18. The zero-order chi connectivity index (χ0) is 13.5. The molecule has 0 saturated heterocycles. The molecular formula is C14H22N2O2. The van der Waals surface area contributed by atoms with Crippen LogP contribution < -0.4 is 10.1 Å². The van der Waals surface area contributed by atoms with E-state index in [0.29, 0.717) is 0 Å². The molecule has 0 heterocycles. The maximum atomic E-state index is 11.4. The maximum Gasteiger partial charge on any atom is 0.159 e. The predicted molar refractivity (Wildman–Crippen MR) is 73.3 cm³/mol. The number of carbonyl (C=O) groups is 1. The summed E-state index contributed by atoms with van der Waals surface area (Å²) < 4.78 is 5.33. The highest BCUT2D eigenvalue weighted by atomic mass is 16.5. The largest absolute Gasteiger partial charge is 0.496 e. The number of hydrogen-bond acceptors (Lipinski definition) is 4. The summed E-state index contributed by atoms with van der Waals surface area (Å²) in [6.45, 7) is 4.23. The third-order valence-corrected chi connectivity index (χ3v) is 2.87. The van der Waals surface area contributed by atoms with Gasteiger partial charge in [0.25, 0.3) is 0 Å². The van der Waals surface area contributed by atoms with Crippen LogP contribution in [0.4, 0.5) is 0 Å². The molecule has 100 valence electrons. The summed E-state index contributed by atoms with van der Waals surface area (Å²) in [5, 5.41) is 3.12. The van der Waals surface area contributed by atoms with Crippen molar-refractivity contribution in [3.63, 3.8) is 0 Å². The van der Waals surface area contributed by atoms with Gasteiger partial charge in [0, 0.05) is 30.8 Å². The molecule has 1 aromatic carbocycles. The van der Waals surface area contributed by atoms with Gasteiger partial charge in [0.1, 0.15) is 5.75 Å². The number of Topliss-reactive ketones (excluding diaryl/α,β-unsaturated/α-hetero) is 1. The summed E-state index contributed by atoms with van der Waals surface area (Å²) in [4.78, 5) is 13.6. The van der Waals surface area contributed by atoms with Crippen LogP contribution in [0.25, 0.3) is 0 Å². The highest BCUT2D eigenvalue weighted by Gasteiger charge is 2.09. The summed E-state index contributed by atoms with van der Waals surface area (Å²) in [6.07, 6.45) is 0. The molecule has 0 aliphatic rings. The summed E-state index contributed by atoms with van der Waals surface area (Å²) >= 11 is 0. The Kier molecular flexibility index (Phi) is 5.82. The summed E-state index contributed by atoms with van der Waals surface area (Å²) in [6, 6.07) is 5.58. The lowest BCUT2D eigenvalue weighted by atomic mass is 10.1. The highest BCUT2D eigenvalue weighted by molar-refractivity contribution is 5.94. The fourth-order valence-corrected chi connectivity index (χ4v) is 1.79. The molecule has 0 fully saturated rings. The topological polar surface area (TPSA) is 41.6 Å². The van der Waals surface area contributed by atoms with Crippen molar-refractivity contribution in [3.05, 3.63) is 29.3 Å². The van der Waals surface area contributed by atoms with Crippen molar-refractivity contribution in [1.29, 1.82) is 0 Å². The summed E-state index contributed by atoms with van der Waals surface area (Å²) in [5.74, 6) is 0.910. The van der Waals surface area contributed by atoms with Gasteiger partial charge >= 0.3 is 0 Å². The standard InChI is InChI=1S/C14H22N2O2/c1-11(17)12-5-6-14(18-4)13(9-12)10-16(3)8-7-15-2/h5-6,9,15H,7-8,10H2,1-4H3. The van der Waals surface area contributed by atoms with Gasteiger partial charge in [0.15, 0.2) is 5.78 Å². The van der Waals surface area contributed by atoms with Gasteiger partial charge in [-0.05, 0) is 39.2 Å². The number of carbonyl (C=O) groups excluding carboxylic acids is 1. The normalized spacial score (nSPS) is 10.7. The van der Waals surface area contributed by atoms with Crippen molar-refractivity contribution in [1.82, 2.24) is 10.2 Å². The second-order valence-corrected chi connectivity index (χ2v) is 4.42. The smallest absolute Gasteiger partial charge is 0.159 e. The van der Waals surface area contributed by atoms with Crippen LogP contribution in [-0.2, 0) is 6.54 Å². The predicted octanol–water partition coefficient (Wildman–Crippen LogP) is 1.55. The first kappa shape index (κ1) is 14.7. The number of likely N-dealkylation sites (N-methyl/N-ethyl adjacent to an activating group) is 2. The number of hydrogen-bond donors (Lipinski definition) is 1. The molecule has 18 heavy (non-hydrogen) atoms. The van der Waals surface area contributed by atoms with Gasteiger partial charge in [-0.25, -0.2) is 0 Å². The van der Waals surface area contributed by atoms with Crippen LogP contribution >= 0.6 is 0 Å². The molecule has 0 aliphatic carbocycles. The fraction of sp³-hybridized carbons (Fsp3) is 0.500. The second-order valence-electron chi connectivity index (χ2n) is 4.42. The van der Waals surface area contributed by atoms with E-state index in [-0.39, 0.29) is 5.78 Å². The van der Waals surface area contributed by atoms with Gasteiger partial charge in [-0.15, -0.1) is 0 Å². The molecule has 0 aromatic heterocycles. The molecule has 1 aromatic rings. The minimum Gasteiger partial charge on any atom is -0.496 e. The molecule has 0 radical (unpaired) electrons. The van der Waals surface area contributed by atoms with E-state index >= 15 is 0 Å². The van der Waals surface area contributed by atoms with Crippen molar-refractivity contribution in [2.45, 2.75) is 13.5 Å². The minimum absolute atomic E-state index is 0.0804. The first-order valence-corrected chi connectivity index (χ1v) is 6.09. The number of ketones is 1. The van der Waals surface area contributed by atoms with E-state index in [1.165, 1.54) is 0 Å². The molecule has 0 spiro atoms. The quantitative estimate of drug-likeness (QED) is 0.746. The average Bonchev–Trinajstić information content (AvgIpc) is 2.36. The van der Waals surface area contributed by atoms with Crippen LogP contribution in [0.1, 0.15) is 22.8 Å². The Morgan fingerprint density at radius 3 is 2.72 bits per heavy atom. The van der Waals surface area contributed by atoms with Gasteiger partial charge in [-0.2, -0.15) is 0 Å². The Bertz CT molecular complexity index is 405. The maximum absolute atomic E-state index is 11.4. The molecule has 4 heteroatoms. The monoisotopic (exact) mass is 250 g/mol. The molecular weight excluding hydrogens is 228 g/mol. The Morgan fingerprint density at radius 2 is 2.17 bits per heavy atom. The van der Waals surface area contributed by atoms with Gasteiger partial charge in [0.05, 0.1) is 7.11 Å². The molecule has 0 atom stereocenters. The van der Waals surface area contributed by atoms with Crippen LogP contribution in [-0.4, -0.2) is 45.0 Å². The number of rotatable bonds is 7. The van der Waals surface area contributed by atoms with Gasteiger partial charge in [-0.1, -0.05) is 0 Å². The van der Waals surface area contributed by atoms with Crippen LogP contribution in [0.15, 0.2) is 18.2 Å². The van der Waals surface area contributed by atoms with E-state index in [1.807, 2.05) is 19.2 Å². The number of nitrogens with zero attached hydrogens (tertiary/aromatic N) is 1. The Balaban J connectivity index is 2.84. The van der Waals surface area contributed by atoms with Crippen LogP contribution in [0.3, 0.4) is 0 Å². The van der Waals surface area contributed by atoms with E-state index in [9.17, 15) is 4.79 Å². The van der Waals surface area contributed by atoms with Gasteiger partial charge in [0.2, 0.25) is 0 Å². The van der Waals surface area contributed by atoms with Crippen molar-refractivity contribution in [2.24, 2.45) is 0 Å². The molecule has 0 unspecified atom stereocenters. The molecule has 1 N–H and O–H groups in total. The Labute approximate surface area is 109 Å². The number of benzene rings is 1. The Morgan fingerprint density at radius 1 is 1.44 bits per heavy atom. The van der Waals surface area contributed by atoms with E-state index < -0.39 is 0 Å². The first-order valence-electron chi connectivity index (χ1n) is 6.09. The molecule has 1 rings (SSSR count). The lowest BCUT2D eigenvalue weighted by molar-refractivity contribution is 0.101. The number of methoxy groups -OCH3 is 1. The van der Waals surface area contributed by atoms with Gasteiger partial charge < -0.3 is 15.0 Å². The third-order valence-electron chi connectivity index (χ3n) is 2.87. The average molecular weight is 250 g/mol. The van der Waals surface area contributed by atoms with Crippen molar-refractivity contribution in [2.75, 3.05) is 34.3 Å². The molecule has 0 saturated carbocycles. The van der Waals surface area contributed by atoms with Crippen LogP contribution in [0, 0.1) is 0 Å². The molecule has 0 amide bonds. The molecule has 0 bridgehead atoms. The number of ether oxygens (including phenoxy) is 1. The Hall–Kier alpha value is -1.39. The third kappa shape index (κ3) is 4.13. The fourth-order valence-electron chi connectivity index (χ4n) is 1.79. The van der Waals surface area contributed by atoms with Crippen LogP contribution in [0.2, 0.25) is 0 Å². The highest BCUT2D eigenvalue weighted by Crippen LogP contribution is 2.21. The van der Waals surface area contributed by atoms with Crippen LogP contribution in [0.5, 0.6) is 5.75 Å². The molecule has 0 aliphatic heterocycles. The summed E-state index contributed by atoms with van der Waals surface area (Å²) in [7, 11) is 5.64. The molecule has 4 nitrogen and oxygen atoms in total. The zero-order valence-corrected chi connectivity index (χ0v) is 11.6. The SMILES string of the molecule is CNCCN(C)Cc1cc(C(C)=O)ccc1OC. The van der Waals surface area contributed by atoms with Gasteiger partial charge in [-0.3, -0.25) is 4.79 Å². The first-order chi connectivity index (χ1) is 8.58. The van der Waals surface area contributed by atoms with E-state index in [0.717, 1.165) is 36.5 Å². The lowest BCUT2D eigenvalue weighted by Crippen LogP contribution is -2.27. The number of nitrogens with one attached hydrogen (secondary N) is 1. The van der Waals surface area contributed by atoms with Crippen molar-refractivity contribution >= 4 is 5.78 Å². The van der Waals surface area contributed by atoms with Crippen molar-refractivity contribution in [3.8, 4) is 5.75 Å². The van der Waals surface area contributed by atoms with E-state index in [1.54, 1.807) is 20.1 Å².